The molecule has 0 saturated heterocycles. The summed E-state index contributed by atoms with van der Waals surface area (Å²) in [5.41, 5.74) is -0.957. The zero-order valence-corrected chi connectivity index (χ0v) is 9.38. The van der Waals surface area contributed by atoms with Crippen molar-refractivity contribution >= 4 is 31.6 Å². The van der Waals surface area contributed by atoms with E-state index in [1.165, 1.54) is 0 Å². The molecule has 0 atom stereocenters. The second-order valence-corrected chi connectivity index (χ2v) is 4.89. The highest BCUT2D eigenvalue weighted by Gasteiger charge is 2.26. The van der Waals surface area contributed by atoms with Crippen LogP contribution < -0.4 is 5.14 Å². The van der Waals surface area contributed by atoms with Crippen LogP contribution in [0.1, 0.15) is 0 Å². The van der Waals surface area contributed by atoms with Gasteiger partial charge >= 0.3 is 5.69 Å². The summed E-state index contributed by atoms with van der Waals surface area (Å²) >= 11 is 2.73. The fourth-order valence-corrected chi connectivity index (χ4v) is 1.96. The van der Waals surface area contributed by atoms with Gasteiger partial charge in [0.2, 0.25) is 15.8 Å². The van der Waals surface area contributed by atoms with E-state index in [2.05, 4.69) is 21.1 Å². The summed E-state index contributed by atoms with van der Waals surface area (Å²) in [5.74, 6) is -1.48. The number of hydrogen-bond donors (Lipinski definition) is 1. The first-order valence-corrected chi connectivity index (χ1v) is 5.74. The quantitative estimate of drug-likeness (QED) is 0.653. The first-order valence-electron chi connectivity index (χ1n) is 3.40. The van der Waals surface area contributed by atoms with E-state index in [9.17, 15) is 22.9 Å². The smallest absolute Gasteiger partial charge is 0.258 e. The Morgan fingerprint density at radius 2 is 2.00 bits per heavy atom. The summed E-state index contributed by atoms with van der Waals surface area (Å²) in [4.78, 5) is 8.48. The van der Waals surface area contributed by atoms with Crippen LogP contribution in [0.15, 0.2) is 21.5 Å². The van der Waals surface area contributed by atoms with Crippen molar-refractivity contribution in [1.82, 2.24) is 0 Å². The lowest BCUT2D eigenvalue weighted by atomic mass is 10.3. The topological polar surface area (TPSA) is 103 Å². The van der Waals surface area contributed by atoms with Crippen LogP contribution in [0.4, 0.5) is 10.1 Å². The minimum Gasteiger partial charge on any atom is -0.258 e. The fourth-order valence-electron chi connectivity index (χ4n) is 0.910. The van der Waals surface area contributed by atoms with Crippen LogP contribution in [0, 0.1) is 15.9 Å². The van der Waals surface area contributed by atoms with Gasteiger partial charge in [0.25, 0.3) is 0 Å². The van der Waals surface area contributed by atoms with Crippen LogP contribution in [0.3, 0.4) is 0 Å². The Morgan fingerprint density at radius 3 is 2.40 bits per heavy atom. The van der Waals surface area contributed by atoms with Gasteiger partial charge < -0.3 is 0 Å². The molecule has 0 fully saturated rings. The molecule has 0 unspecified atom stereocenters. The van der Waals surface area contributed by atoms with E-state index in [1.807, 2.05) is 0 Å². The summed E-state index contributed by atoms with van der Waals surface area (Å²) in [7, 11) is -4.31. The molecule has 0 amide bonds. The molecule has 0 bridgehead atoms. The van der Waals surface area contributed by atoms with Crippen LogP contribution in [0.5, 0.6) is 0 Å². The molecule has 9 heteroatoms. The molecule has 82 valence electrons. The van der Waals surface area contributed by atoms with Gasteiger partial charge in [-0.25, -0.2) is 13.6 Å². The number of sulfonamides is 1. The highest BCUT2D eigenvalue weighted by atomic mass is 79.9. The largest absolute Gasteiger partial charge is 0.320 e. The zero-order valence-electron chi connectivity index (χ0n) is 6.98. The highest BCUT2D eigenvalue weighted by Crippen LogP contribution is 2.31. The minimum atomic E-state index is -4.31. The first-order chi connectivity index (χ1) is 6.75. The van der Waals surface area contributed by atoms with Crippen LogP contribution in [-0.2, 0) is 10.0 Å². The Bertz CT molecular complexity index is 530. The van der Waals surface area contributed by atoms with Crippen molar-refractivity contribution < 1.29 is 17.7 Å². The number of nitro benzene ring substituents is 1. The number of rotatable bonds is 2. The lowest BCUT2D eigenvalue weighted by Crippen LogP contribution is -2.15. The summed E-state index contributed by atoms with van der Waals surface area (Å²) in [6, 6.07) is 1.89. The van der Waals surface area contributed by atoms with E-state index in [0.717, 1.165) is 12.1 Å². The number of hydrogen-bond acceptors (Lipinski definition) is 4. The average molecular weight is 299 g/mol. The Hall–Kier alpha value is -1.06. The lowest BCUT2D eigenvalue weighted by Gasteiger charge is -2.02. The molecule has 1 aromatic rings. The number of nitrogens with zero attached hydrogens (tertiary/aromatic N) is 1. The molecule has 2 N–H and O–H groups in total. The summed E-state index contributed by atoms with van der Waals surface area (Å²) in [5, 5.41) is 15.1. The maximum absolute atomic E-state index is 13.3. The van der Waals surface area contributed by atoms with Gasteiger partial charge in [-0.3, -0.25) is 10.1 Å². The van der Waals surface area contributed by atoms with Crippen molar-refractivity contribution in [2.75, 3.05) is 0 Å². The highest BCUT2D eigenvalue weighted by molar-refractivity contribution is 9.10. The average Bonchev–Trinajstić information content (AvgIpc) is 2.00. The summed E-state index contributed by atoms with van der Waals surface area (Å²) in [6.07, 6.45) is 0. The maximum Gasteiger partial charge on any atom is 0.320 e. The molecule has 0 saturated carbocycles. The van der Waals surface area contributed by atoms with Gasteiger partial charge in [0.15, 0.2) is 0 Å². The van der Waals surface area contributed by atoms with Gasteiger partial charge in [-0.1, -0.05) is 0 Å². The van der Waals surface area contributed by atoms with Crippen LogP contribution >= 0.6 is 15.9 Å². The van der Waals surface area contributed by atoms with E-state index < -0.39 is 31.3 Å². The van der Waals surface area contributed by atoms with Crippen LogP contribution in [0.2, 0.25) is 0 Å². The van der Waals surface area contributed by atoms with Gasteiger partial charge in [0.1, 0.15) is 4.90 Å². The van der Waals surface area contributed by atoms with Crippen molar-refractivity contribution in [2.45, 2.75) is 4.90 Å². The van der Waals surface area contributed by atoms with Gasteiger partial charge in [-0.15, -0.1) is 0 Å². The number of primary sulfonamides is 1. The van der Waals surface area contributed by atoms with Gasteiger partial charge in [0, 0.05) is 0 Å². The third-order valence-corrected chi connectivity index (χ3v) is 3.09. The Labute approximate surface area is 92.2 Å². The van der Waals surface area contributed by atoms with Crippen molar-refractivity contribution in [3.05, 3.63) is 32.5 Å². The summed E-state index contributed by atoms with van der Waals surface area (Å²) in [6.45, 7) is 0. The second-order valence-electron chi connectivity index (χ2n) is 2.51. The molecule has 0 aliphatic heterocycles. The normalized spacial score (nSPS) is 11.4. The van der Waals surface area contributed by atoms with Gasteiger partial charge in [-0.2, -0.15) is 4.39 Å². The molecule has 0 spiro atoms. The van der Waals surface area contributed by atoms with E-state index in [1.54, 1.807) is 0 Å². The standard InChI is InChI=1S/C6H4BrFN2O4S/c7-3-1-2-4(15(9,13)14)5(8)6(3)10(11)12/h1-2H,(H2,9,13,14). The monoisotopic (exact) mass is 298 g/mol. The molecule has 1 aromatic carbocycles. The minimum absolute atomic E-state index is 0.155. The molecule has 15 heavy (non-hydrogen) atoms. The Morgan fingerprint density at radius 1 is 1.47 bits per heavy atom. The zero-order chi connectivity index (χ0) is 11.8. The van der Waals surface area contributed by atoms with Crippen LogP contribution in [-0.4, -0.2) is 13.3 Å². The van der Waals surface area contributed by atoms with Crippen molar-refractivity contribution in [2.24, 2.45) is 5.14 Å². The molecule has 0 aliphatic rings. The Kier molecular flexibility index (Phi) is 3.07. The maximum atomic E-state index is 13.3. The molecule has 0 aromatic heterocycles. The number of nitrogens with two attached hydrogens (primary N) is 1. The van der Waals surface area contributed by atoms with Gasteiger partial charge in [-0.05, 0) is 28.1 Å². The van der Waals surface area contributed by atoms with Crippen LogP contribution in [0.25, 0.3) is 0 Å². The first kappa shape index (κ1) is 12.0. The van der Waals surface area contributed by atoms with E-state index in [-0.39, 0.29) is 4.47 Å². The molecular weight excluding hydrogens is 295 g/mol. The van der Waals surface area contributed by atoms with Gasteiger partial charge in [0.05, 0.1) is 9.40 Å². The molecule has 0 aliphatic carbocycles. The molecule has 1 rings (SSSR count). The van der Waals surface area contributed by atoms with Crippen molar-refractivity contribution in [1.29, 1.82) is 0 Å². The molecule has 0 radical (unpaired) electrons. The van der Waals surface area contributed by atoms with E-state index >= 15 is 0 Å². The predicted molar refractivity (Wildman–Crippen MR) is 52.1 cm³/mol. The van der Waals surface area contributed by atoms with E-state index in [4.69, 9.17) is 0 Å². The molecule has 6 nitrogen and oxygen atoms in total. The van der Waals surface area contributed by atoms with Crippen molar-refractivity contribution in [3.8, 4) is 0 Å². The third-order valence-electron chi connectivity index (χ3n) is 1.52. The van der Waals surface area contributed by atoms with Crippen molar-refractivity contribution in [3.63, 3.8) is 0 Å². The number of halogens is 2. The second kappa shape index (κ2) is 3.83. The molecular formula is C6H4BrFN2O4S. The third kappa shape index (κ3) is 2.30. The number of nitro groups is 1. The predicted octanol–water partition coefficient (Wildman–Crippen LogP) is 1.14. The number of benzene rings is 1. The van der Waals surface area contributed by atoms with E-state index in [0.29, 0.717) is 0 Å². The SMILES string of the molecule is NS(=O)(=O)c1ccc(Br)c([N+](=O)[O-])c1F. The lowest BCUT2D eigenvalue weighted by molar-refractivity contribution is -0.388. The summed E-state index contributed by atoms with van der Waals surface area (Å²) < 4.78 is 34.9. The Balaban J connectivity index is 3.64. The molecule has 0 heterocycles. The fraction of sp³-hybridized carbons (Fsp3) is 0.